The van der Waals surface area contributed by atoms with Crippen molar-refractivity contribution in [3.05, 3.63) is 94.4 Å². The zero-order chi connectivity index (χ0) is 15.7. The third kappa shape index (κ3) is 2.50. The van der Waals surface area contributed by atoms with Crippen molar-refractivity contribution in [2.75, 3.05) is 0 Å². The normalized spacial score (nSPS) is 15.1. The van der Waals surface area contributed by atoms with E-state index in [9.17, 15) is 10.4 Å². The number of hydrogen-bond acceptors (Lipinski definition) is 3. The molecule has 0 radical (unpaired) electrons. The molecule has 0 spiro atoms. The maximum atomic E-state index is 12.7. The highest BCUT2D eigenvalue weighted by atomic mass is 35.5. The minimum absolute atomic E-state index is 0.206. The van der Waals surface area contributed by atoms with Crippen molar-refractivity contribution in [1.82, 2.24) is 5.06 Å². The molecule has 3 rings (SSSR count). The van der Waals surface area contributed by atoms with Gasteiger partial charge in [-0.1, -0.05) is 36.4 Å². The molecule has 2 aromatic carbocycles. The molecule has 22 heavy (non-hydrogen) atoms. The first kappa shape index (κ1) is 14.4. The van der Waals surface area contributed by atoms with Crippen LogP contribution >= 0.6 is 11.6 Å². The van der Waals surface area contributed by atoms with Crippen molar-refractivity contribution in [2.45, 2.75) is 0 Å². The SMILES string of the molecule is C=C1C(c2ccc(Cl)cc2)=[N+]([O-])C(c2ccccc2)=CN1O. The lowest BCUT2D eigenvalue weighted by atomic mass is 10.0. The smallest absolute Gasteiger partial charge is 0.250 e. The van der Waals surface area contributed by atoms with Crippen LogP contribution in [0.1, 0.15) is 11.1 Å². The zero-order valence-electron chi connectivity index (χ0n) is 11.6. The van der Waals surface area contributed by atoms with Gasteiger partial charge < -0.3 is 5.21 Å². The molecule has 1 aliphatic heterocycles. The van der Waals surface area contributed by atoms with Crippen LogP contribution in [0.3, 0.4) is 0 Å². The summed E-state index contributed by atoms with van der Waals surface area (Å²) in [4.78, 5) is 0. The van der Waals surface area contributed by atoms with Gasteiger partial charge in [0.25, 0.3) is 0 Å². The molecule has 1 aliphatic rings. The van der Waals surface area contributed by atoms with E-state index in [0.29, 0.717) is 21.8 Å². The van der Waals surface area contributed by atoms with Gasteiger partial charge in [0, 0.05) is 16.1 Å². The van der Waals surface area contributed by atoms with Crippen LogP contribution in [-0.2, 0) is 0 Å². The van der Waals surface area contributed by atoms with E-state index in [4.69, 9.17) is 11.6 Å². The van der Waals surface area contributed by atoms with Crippen LogP contribution in [0.5, 0.6) is 0 Å². The van der Waals surface area contributed by atoms with Crippen LogP contribution in [0.2, 0.25) is 5.02 Å². The van der Waals surface area contributed by atoms with Gasteiger partial charge in [0.1, 0.15) is 11.9 Å². The fourth-order valence-corrected chi connectivity index (χ4v) is 2.41. The lowest BCUT2D eigenvalue weighted by Crippen LogP contribution is -2.31. The summed E-state index contributed by atoms with van der Waals surface area (Å²) in [7, 11) is 0. The first-order valence-electron chi connectivity index (χ1n) is 6.62. The lowest BCUT2D eigenvalue weighted by Gasteiger charge is -2.24. The number of nitrogens with zero attached hydrogens (tertiary/aromatic N) is 2. The summed E-state index contributed by atoms with van der Waals surface area (Å²) in [5.74, 6) is 0. The molecule has 0 aliphatic carbocycles. The highest BCUT2D eigenvalue weighted by Crippen LogP contribution is 2.25. The number of rotatable bonds is 2. The van der Waals surface area contributed by atoms with E-state index in [2.05, 4.69) is 6.58 Å². The predicted octanol–water partition coefficient (Wildman–Crippen LogP) is 3.86. The highest BCUT2D eigenvalue weighted by Gasteiger charge is 2.29. The van der Waals surface area contributed by atoms with E-state index in [0.717, 1.165) is 9.80 Å². The summed E-state index contributed by atoms with van der Waals surface area (Å²) in [5, 5.41) is 24.2. The Morgan fingerprint density at radius 2 is 1.64 bits per heavy atom. The Balaban J connectivity index is 2.16. The molecule has 0 saturated heterocycles. The summed E-state index contributed by atoms with van der Waals surface area (Å²) < 4.78 is 0.771. The zero-order valence-corrected chi connectivity index (χ0v) is 12.4. The Labute approximate surface area is 133 Å². The summed E-state index contributed by atoms with van der Waals surface area (Å²) in [6.07, 6.45) is 1.35. The van der Waals surface area contributed by atoms with Gasteiger partial charge in [0.15, 0.2) is 0 Å². The molecule has 4 nitrogen and oxygen atoms in total. The van der Waals surface area contributed by atoms with Crippen LogP contribution in [0.25, 0.3) is 5.70 Å². The van der Waals surface area contributed by atoms with Crippen LogP contribution in [0, 0.1) is 5.21 Å². The lowest BCUT2D eigenvalue weighted by molar-refractivity contribution is -0.356. The van der Waals surface area contributed by atoms with Crippen LogP contribution in [0.4, 0.5) is 0 Å². The summed E-state index contributed by atoms with van der Waals surface area (Å²) in [5.41, 5.74) is 2.15. The van der Waals surface area contributed by atoms with E-state index in [-0.39, 0.29) is 11.4 Å². The van der Waals surface area contributed by atoms with Crippen molar-refractivity contribution < 1.29 is 9.95 Å². The van der Waals surface area contributed by atoms with Crippen molar-refractivity contribution in [3.63, 3.8) is 0 Å². The average Bonchev–Trinajstić information content (AvgIpc) is 2.54. The molecular weight excluding hydrogens is 300 g/mol. The number of hydroxylamine groups is 3. The van der Waals surface area contributed by atoms with Gasteiger partial charge >= 0.3 is 0 Å². The fourth-order valence-electron chi connectivity index (χ4n) is 2.28. The second kappa shape index (κ2) is 5.67. The van der Waals surface area contributed by atoms with Crippen molar-refractivity contribution in [1.29, 1.82) is 0 Å². The van der Waals surface area contributed by atoms with E-state index in [1.165, 1.54) is 6.20 Å². The molecular formula is C17H13ClN2O2. The van der Waals surface area contributed by atoms with Crippen molar-refractivity contribution >= 4 is 23.0 Å². The van der Waals surface area contributed by atoms with E-state index < -0.39 is 0 Å². The largest absolute Gasteiger partial charge is 0.618 e. The summed E-state index contributed by atoms with van der Waals surface area (Å²) in [6, 6.07) is 15.9. The molecule has 0 fully saturated rings. The minimum atomic E-state index is 0.206. The Hall–Kier alpha value is -2.56. The fraction of sp³-hybridized carbons (Fsp3) is 0. The Morgan fingerprint density at radius 1 is 1.00 bits per heavy atom. The molecule has 0 atom stereocenters. The summed E-state index contributed by atoms with van der Waals surface area (Å²) in [6.45, 7) is 3.77. The molecule has 1 N–H and O–H groups in total. The van der Waals surface area contributed by atoms with Gasteiger partial charge in [-0.15, -0.1) is 0 Å². The molecule has 5 heteroatoms. The van der Waals surface area contributed by atoms with Gasteiger partial charge in [-0.3, -0.25) is 5.21 Å². The predicted molar refractivity (Wildman–Crippen MR) is 86.4 cm³/mol. The standard InChI is InChI=1S/C17H13ClN2O2/c1-12-17(14-7-9-15(18)10-8-14)20(22)16(11-19(12)21)13-5-3-2-4-6-13/h2-11,21H,1H2. The summed E-state index contributed by atoms with van der Waals surface area (Å²) >= 11 is 5.88. The molecule has 0 saturated carbocycles. The topological polar surface area (TPSA) is 49.5 Å². The van der Waals surface area contributed by atoms with Gasteiger partial charge in [-0.25, -0.2) is 5.06 Å². The molecule has 0 amide bonds. The number of allylic oxidation sites excluding steroid dienone is 1. The molecule has 0 aromatic heterocycles. The Bertz CT molecular complexity index is 780. The third-order valence-corrected chi connectivity index (χ3v) is 3.66. The van der Waals surface area contributed by atoms with Crippen LogP contribution in [-0.4, -0.2) is 20.7 Å². The first-order chi connectivity index (χ1) is 10.6. The maximum Gasteiger partial charge on any atom is 0.250 e. The maximum absolute atomic E-state index is 12.7. The number of halogens is 1. The third-order valence-electron chi connectivity index (χ3n) is 3.40. The minimum Gasteiger partial charge on any atom is -0.618 e. The number of benzene rings is 2. The highest BCUT2D eigenvalue weighted by molar-refractivity contribution is 6.30. The van der Waals surface area contributed by atoms with Crippen molar-refractivity contribution in [2.24, 2.45) is 0 Å². The van der Waals surface area contributed by atoms with E-state index in [1.54, 1.807) is 36.4 Å². The Morgan fingerprint density at radius 3 is 2.27 bits per heavy atom. The second-order valence-corrected chi connectivity index (χ2v) is 5.26. The quantitative estimate of drug-likeness (QED) is 0.676. The molecule has 2 aromatic rings. The van der Waals surface area contributed by atoms with Crippen LogP contribution in [0.15, 0.2) is 73.1 Å². The van der Waals surface area contributed by atoms with Gasteiger partial charge in [0.2, 0.25) is 11.4 Å². The average molecular weight is 313 g/mol. The molecule has 110 valence electrons. The Kier molecular flexibility index (Phi) is 3.71. The van der Waals surface area contributed by atoms with Gasteiger partial charge in [0.05, 0.1) is 0 Å². The first-order valence-corrected chi connectivity index (χ1v) is 7.00. The van der Waals surface area contributed by atoms with E-state index in [1.807, 2.05) is 18.2 Å². The molecule has 1 heterocycles. The van der Waals surface area contributed by atoms with Gasteiger partial charge in [-0.05, 0) is 36.4 Å². The second-order valence-electron chi connectivity index (χ2n) is 4.82. The number of hydrogen-bond donors (Lipinski definition) is 1. The molecule has 0 unspecified atom stereocenters. The molecule has 0 bridgehead atoms. The van der Waals surface area contributed by atoms with Crippen molar-refractivity contribution in [3.8, 4) is 0 Å². The monoisotopic (exact) mass is 312 g/mol. The van der Waals surface area contributed by atoms with Crippen LogP contribution < -0.4 is 0 Å². The van der Waals surface area contributed by atoms with Gasteiger partial charge in [-0.2, -0.15) is 4.74 Å². The van der Waals surface area contributed by atoms with E-state index >= 15 is 0 Å².